The summed E-state index contributed by atoms with van der Waals surface area (Å²) in [6, 6.07) is 9.51. The Morgan fingerprint density at radius 2 is 1.68 bits per heavy atom. The summed E-state index contributed by atoms with van der Waals surface area (Å²) in [4.78, 5) is 0. The molecule has 0 bridgehead atoms. The number of nitrogens with one attached hydrogen (secondary N) is 1. The van der Waals surface area contributed by atoms with Crippen molar-refractivity contribution in [3.63, 3.8) is 0 Å². The van der Waals surface area contributed by atoms with Crippen molar-refractivity contribution in [1.29, 1.82) is 0 Å². The lowest BCUT2D eigenvalue weighted by molar-refractivity contribution is -0.236. The Kier molecular flexibility index (Phi) is 4.87. The summed E-state index contributed by atoms with van der Waals surface area (Å²) in [6.45, 7) is 0.0258. The molecule has 5 N–H and O–H groups in total. The van der Waals surface area contributed by atoms with E-state index in [0.717, 1.165) is 5.56 Å². The topological polar surface area (TPSA) is 102 Å². The molecular formula is C13H19NO5. The quantitative estimate of drug-likeness (QED) is 0.459. The molecule has 5 atom stereocenters. The predicted octanol–water partition coefficient (Wildman–Crippen LogP) is -1.42. The molecule has 0 saturated carbocycles. The summed E-state index contributed by atoms with van der Waals surface area (Å²) in [5.41, 5.74) is 1.000. The summed E-state index contributed by atoms with van der Waals surface area (Å²) in [5, 5.41) is 41.1. The maximum Gasteiger partial charge on any atom is 0.137 e. The predicted molar refractivity (Wildman–Crippen MR) is 67.0 cm³/mol. The second-order valence-electron chi connectivity index (χ2n) is 4.62. The Bertz CT molecular complexity index is 386. The van der Waals surface area contributed by atoms with Crippen LogP contribution < -0.4 is 5.32 Å². The molecule has 1 aliphatic heterocycles. The van der Waals surface area contributed by atoms with Crippen LogP contribution in [0.15, 0.2) is 30.3 Å². The third-order valence-corrected chi connectivity index (χ3v) is 3.24. The molecule has 0 radical (unpaired) electrons. The van der Waals surface area contributed by atoms with E-state index < -0.39 is 37.3 Å². The highest BCUT2D eigenvalue weighted by molar-refractivity contribution is 5.14. The Morgan fingerprint density at radius 1 is 1.00 bits per heavy atom. The molecule has 19 heavy (non-hydrogen) atoms. The fraction of sp³-hybridized carbons (Fsp3) is 0.538. The van der Waals surface area contributed by atoms with Gasteiger partial charge in [0.15, 0.2) is 0 Å². The molecule has 6 heteroatoms. The van der Waals surface area contributed by atoms with E-state index in [-0.39, 0.29) is 0 Å². The minimum atomic E-state index is -1.35. The van der Waals surface area contributed by atoms with Crippen molar-refractivity contribution in [3.8, 4) is 0 Å². The van der Waals surface area contributed by atoms with Crippen LogP contribution in [0.1, 0.15) is 5.56 Å². The van der Waals surface area contributed by atoms with Gasteiger partial charge in [0.1, 0.15) is 30.6 Å². The Hall–Kier alpha value is -1.02. The van der Waals surface area contributed by atoms with E-state index in [4.69, 9.17) is 9.84 Å². The first-order valence-electron chi connectivity index (χ1n) is 6.21. The Morgan fingerprint density at radius 3 is 2.32 bits per heavy atom. The van der Waals surface area contributed by atoms with E-state index >= 15 is 0 Å². The highest BCUT2D eigenvalue weighted by atomic mass is 16.6. The van der Waals surface area contributed by atoms with E-state index in [2.05, 4.69) is 5.32 Å². The molecule has 1 heterocycles. The van der Waals surface area contributed by atoms with Crippen LogP contribution in [0.4, 0.5) is 0 Å². The highest BCUT2D eigenvalue weighted by Gasteiger charge is 2.43. The van der Waals surface area contributed by atoms with E-state index in [9.17, 15) is 15.3 Å². The van der Waals surface area contributed by atoms with E-state index in [0.29, 0.717) is 6.54 Å². The van der Waals surface area contributed by atoms with Gasteiger partial charge in [0.05, 0.1) is 6.61 Å². The molecular weight excluding hydrogens is 250 g/mol. The lowest BCUT2D eigenvalue weighted by Gasteiger charge is -2.40. The molecule has 106 valence electrons. The zero-order valence-electron chi connectivity index (χ0n) is 10.4. The van der Waals surface area contributed by atoms with Crippen molar-refractivity contribution in [3.05, 3.63) is 35.9 Å². The molecule has 2 rings (SSSR count). The first-order chi connectivity index (χ1) is 9.13. The number of ether oxygens (including phenoxy) is 1. The van der Waals surface area contributed by atoms with Crippen molar-refractivity contribution in [2.45, 2.75) is 37.2 Å². The van der Waals surface area contributed by atoms with Crippen LogP contribution in [0.3, 0.4) is 0 Å². The van der Waals surface area contributed by atoms with Crippen LogP contribution in [-0.4, -0.2) is 57.7 Å². The SMILES string of the molecule is OC[C@H]1O[C@@H](NCc2ccccc2)[C@H](O)[C@@H](O)[C@@H]1O. The van der Waals surface area contributed by atoms with Crippen LogP contribution >= 0.6 is 0 Å². The van der Waals surface area contributed by atoms with Crippen molar-refractivity contribution in [1.82, 2.24) is 5.32 Å². The second kappa shape index (κ2) is 6.42. The molecule has 0 unspecified atom stereocenters. The van der Waals surface area contributed by atoms with Crippen LogP contribution in [-0.2, 0) is 11.3 Å². The largest absolute Gasteiger partial charge is 0.394 e. The maximum atomic E-state index is 9.82. The molecule has 1 aromatic carbocycles. The number of aliphatic hydroxyl groups is 4. The molecule has 0 aromatic heterocycles. The monoisotopic (exact) mass is 269 g/mol. The Labute approximate surface area is 111 Å². The molecule has 0 aliphatic carbocycles. The summed E-state index contributed by atoms with van der Waals surface area (Å²) in [6.07, 6.45) is -5.64. The van der Waals surface area contributed by atoms with Gasteiger partial charge in [-0.25, -0.2) is 0 Å². The van der Waals surface area contributed by atoms with Gasteiger partial charge in [0, 0.05) is 6.54 Å². The molecule has 0 amide bonds. The summed E-state index contributed by atoms with van der Waals surface area (Å²) in [7, 11) is 0. The zero-order chi connectivity index (χ0) is 13.8. The van der Waals surface area contributed by atoms with Gasteiger partial charge in [0.25, 0.3) is 0 Å². The number of rotatable bonds is 4. The third kappa shape index (κ3) is 3.30. The third-order valence-electron chi connectivity index (χ3n) is 3.24. The van der Waals surface area contributed by atoms with Gasteiger partial charge in [-0.05, 0) is 5.56 Å². The average Bonchev–Trinajstić information content (AvgIpc) is 2.45. The van der Waals surface area contributed by atoms with Crippen LogP contribution in [0.25, 0.3) is 0 Å². The van der Waals surface area contributed by atoms with Gasteiger partial charge >= 0.3 is 0 Å². The minimum absolute atomic E-state index is 0.422. The minimum Gasteiger partial charge on any atom is -0.394 e. The van der Waals surface area contributed by atoms with E-state index in [1.54, 1.807) is 0 Å². The molecule has 1 saturated heterocycles. The van der Waals surface area contributed by atoms with Crippen molar-refractivity contribution in [2.24, 2.45) is 0 Å². The van der Waals surface area contributed by atoms with Gasteiger partial charge < -0.3 is 25.2 Å². The zero-order valence-corrected chi connectivity index (χ0v) is 10.4. The van der Waals surface area contributed by atoms with Crippen molar-refractivity contribution < 1.29 is 25.2 Å². The number of hydrogen-bond donors (Lipinski definition) is 5. The van der Waals surface area contributed by atoms with Gasteiger partial charge in [-0.15, -0.1) is 0 Å². The first kappa shape index (κ1) is 14.4. The molecule has 1 aliphatic rings. The molecule has 0 spiro atoms. The fourth-order valence-electron chi connectivity index (χ4n) is 2.08. The van der Waals surface area contributed by atoms with E-state index in [1.807, 2.05) is 30.3 Å². The molecule has 6 nitrogen and oxygen atoms in total. The highest BCUT2D eigenvalue weighted by Crippen LogP contribution is 2.19. The van der Waals surface area contributed by atoms with Crippen LogP contribution in [0, 0.1) is 0 Å². The Balaban J connectivity index is 1.95. The lowest BCUT2D eigenvalue weighted by atomic mass is 9.98. The smallest absolute Gasteiger partial charge is 0.137 e. The summed E-state index contributed by atoms with van der Waals surface area (Å²) >= 11 is 0. The van der Waals surface area contributed by atoms with Crippen LogP contribution in [0.2, 0.25) is 0 Å². The van der Waals surface area contributed by atoms with Gasteiger partial charge in [-0.1, -0.05) is 30.3 Å². The normalized spacial score (nSPS) is 35.3. The summed E-state index contributed by atoms with van der Waals surface area (Å²) in [5.74, 6) is 0. The van der Waals surface area contributed by atoms with Crippen molar-refractivity contribution >= 4 is 0 Å². The summed E-state index contributed by atoms with van der Waals surface area (Å²) < 4.78 is 5.33. The van der Waals surface area contributed by atoms with Gasteiger partial charge in [-0.2, -0.15) is 0 Å². The fourth-order valence-corrected chi connectivity index (χ4v) is 2.08. The number of hydrogen-bond acceptors (Lipinski definition) is 6. The molecule has 1 fully saturated rings. The standard InChI is InChI=1S/C13H19NO5/c15-7-9-10(16)11(17)12(18)13(19-9)14-6-8-4-2-1-3-5-8/h1-5,9-18H,6-7H2/t9-,10-,11+,12-,13-/m1/s1. The average molecular weight is 269 g/mol. The van der Waals surface area contributed by atoms with E-state index in [1.165, 1.54) is 0 Å². The van der Waals surface area contributed by atoms with Gasteiger partial charge in [0.2, 0.25) is 0 Å². The first-order valence-corrected chi connectivity index (χ1v) is 6.21. The maximum absolute atomic E-state index is 9.82. The lowest BCUT2D eigenvalue weighted by Crippen LogP contribution is -2.62. The number of benzene rings is 1. The van der Waals surface area contributed by atoms with Crippen LogP contribution in [0.5, 0.6) is 0 Å². The van der Waals surface area contributed by atoms with Crippen molar-refractivity contribution in [2.75, 3.05) is 6.61 Å². The number of aliphatic hydroxyl groups excluding tert-OH is 4. The van der Waals surface area contributed by atoms with Gasteiger partial charge in [-0.3, -0.25) is 5.32 Å². The molecule has 1 aromatic rings. The second-order valence-corrected chi connectivity index (χ2v) is 4.62.